The van der Waals surface area contributed by atoms with Crippen LogP contribution in [0, 0.1) is 11.3 Å². The van der Waals surface area contributed by atoms with Crippen LogP contribution in [0.25, 0.3) is 11.0 Å². The molecule has 4 rings (SSSR count). The quantitative estimate of drug-likeness (QED) is 0.232. The van der Waals surface area contributed by atoms with E-state index < -0.39 is 29.6 Å². The standard InChI is InChI=1S/C30H42N4O8/c1-30(2,3)25(27(35)36)34-29(38)42-24-13-17(24)9-7-6-8-10-21-26(41-19-15-23(31-16-19)28(37)40-5)33-22-14-18(39-4)11-12-20(22)32-21/h11-12,14,17,19,23-25,31H,6-10,13,15-16H2,1-5H3,(H,34,38)(H,35,36)/t17-,19-,23+,24?,25-/m1/s1. The van der Waals surface area contributed by atoms with Crippen LogP contribution in [-0.2, 0) is 25.5 Å². The fourth-order valence-electron chi connectivity index (χ4n) is 5.19. The molecule has 5 atom stereocenters. The lowest BCUT2D eigenvalue weighted by Gasteiger charge is -2.27. The maximum absolute atomic E-state index is 12.2. The van der Waals surface area contributed by atoms with E-state index >= 15 is 0 Å². The number of aliphatic carboxylic acids is 1. The molecule has 2 heterocycles. The van der Waals surface area contributed by atoms with Crippen molar-refractivity contribution in [2.75, 3.05) is 20.8 Å². The molecule has 1 unspecified atom stereocenters. The number of carbonyl (C=O) groups excluding carboxylic acids is 2. The van der Waals surface area contributed by atoms with Crippen molar-refractivity contribution in [2.45, 2.75) is 90.0 Å². The van der Waals surface area contributed by atoms with Crippen LogP contribution < -0.4 is 20.1 Å². The summed E-state index contributed by atoms with van der Waals surface area (Å²) >= 11 is 0. The third-order valence-electron chi connectivity index (χ3n) is 7.74. The van der Waals surface area contributed by atoms with E-state index in [1.54, 1.807) is 27.9 Å². The SMILES string of the molecule is COC(=O)[C@@H]1C[C@@H](Oc2nc3cc(OC)ccc3nc2CCCCC[C@@H]2CC2OC(=O)N[C@H](C(=O)O)C(C)(C)C)CN1. The molecule has 0 radical (unpaired) electrons. The molecule has 230 valence electrons. The predicted octanol–water partition coefficient (Wildman–Crippen LogP) is 3.64. The molecule has 0 bridgehead atoms. The molecule has 1 saturated carbocycles. The third kappa shape index (κ3) is 8.21. The van der Waals surface area contributed by atoms with Crippen molar-refractivity contribution in [1.82, 2.24) is 20.6 Å². The van der Waals surface area contributed by atoms with Crippen LogP contribution in [0.4, 0.5) is 4.79 Å². The Labute approximate surface area is 245 Å². The zero-order chi connectivity index (χ0) is 30.4. The molecule has 2 aliphatic rings. The van der Waals surface area contributed by atoms with Crippen molar-refractivity contribution in [2.24, 2.45) is 11.3 Å². The number of methoxy groups -OCH3 is 2. The maximum atomic E-state index is 12.2. The van der Waals surface area contributed by atoms with E-state index in [0.29, 0.717) is 42.5 Å². The Hall–Kier alpha value is -3.67. The molecule has 1 aromatic heterocycles. The lowest BCUT2D eigenvalue weighted by molar-refractivity contribution is -0.143. The van der Waals surface area contributed by atoms with Gasteiger partial charge in [-0.1, -0.05) is 33.6 Å². The van der Waals surface area contributed by atoms with Crippen LogP contribution in [0.3, 0.4) is 0 Å². The summed E-state index contributed by atoms with van der Waals surface area (Å²) in [6, 6.07) is 4.12. The highest BCUT2D eigenvalue weighted by molar-refractivity contribution is 5.81. The van der Waals surface area contributed by atoms with Gasteiger partial charge in [-0.25, -0.2) is 19.6 Å². The minimum absolute atomic E-state index is 0.170. The number of aryl methyl sites for hydroxylation is 1. The molecule has 42 heavy (non-hydrogen) atoms. The summed E-state index contributed by atoms with van der Waals surface area (Å²) in [5, 5.41) is 15.0. The number of hydrogen-bond donors (Lipinski definition) is 3. The van der Waals surface area contributed by atoms with Crippen LogP contribution in [0.2, 0.25) is 0 Å². The second-order valence-electron chi connectivity index (χ2n) is 12.1. The number of nitrogens with one attached hydrogen (secondary N) is 2. The molecule has 12 heteroatoms. The normalized spacial score (nSPS) is 22.3. The number of carboxylic acid groups (broad SMARTS) is 1. The first-order valence-corrected chi connectivity index (χ1v) is 14.5. The van der Waals surface area contributed by atoms with E-state index in [9.17, 15) is 19.5 Å². The molecule has 12 nitrogen and oxygen atoms in total. The molecule has 1 aromatic carbocycles. The highest BCUT2D eigenvalue weighted by atomic mass is 16.6. The van der Waals surface area contributed by atoms with Crippen molar-refractivity contribution >= 4 is 29.1 Å². The van der Waals surface area contributed by atoms with Gasteiger partial charge in [-0.15, -0.1) is 0 Å². The van der Waals surface area contributed by atoms with Gasteiger partial charge in [0.1, 0.15) is 35.7 Å². The molecule has 1 aliphatic carbocycles. The van der Waals surface area contributed by atoms with Gasteiger partial charge < -0.3 is 34.7 Å². The molecule has 2 fully saturated rings. The smallest absolute Gasteiger partial charge is 0.408 e. The second-order valence-corrected chi connectivity index (χ2v) is 12.1. The molecule has 2 aromatic rings. The molecule has 3 N–H and O–H groups in total. The first kappa shape index (κ1) is 31.3. The predicted molar refractivity (Wildman–Crippen MR) is 153 cm³/mol. The van der Waals surface area contributed by atoms with E-state index in [2.05, 4.69) is 10.6 Å². The van der Waals surface area contributed by atoms with Crippen LogP contribution in [0.5, 0.6) is 11.6 Å². The molecule has 1 aliphatic heterocycles. The first-order valence-electron chi connectivity index (χ1n) is 14.5. The average molecular weight is 587 g/mol. The Balaban J connectivity index is 1.27. The van der Waals surface area contributed by atoms with E-state index in [1.807, 2.05) is 18.2 Å². The minimum Gasteiger partial charge on any atom is -0.497 e. The summed E-state index contributed by atoms with van der Waals surface area (Å²) in [6.45, 7) is 5.78. The average Bonchev–Trinajstić information content (AvgIpc) is 3.50. The number of alkyl carbamates (subject to hydrolysis) is 1. The summed E-state index contributed by atoms with van der Waals surface area (Å²) < 4.78 is 21.9. The largest absolute Gasteiger partial charge is 0.497 e. The molecule has 1 amide bonds. The topological polar surface area (TPSA) is 158 Å². The van der Waals surface area contributed by atoms with Crippen molar-refractivity contribution < 1.29 is 38.4 Å². The number of carboxylic acids is 1. The van der Waals surface area contributed by atoms with Crippen LogP contribution in [0.1, 0.15) is 65.0 Å². The molecular weight excluding hydrogens is 544 g/mol. The van der Waals surface area contributed by atoms with Crippen molar-refractivity contribution in [3.8, 4) is 11.6 Å². The zero-order valence-electron chi connectivity index (χ0n) is 25.0. The van der Waals surface area contributed by atoms with E-state index in [-0.39, 0.29) is 18.2 Å². The third-order valence-corrected chi connectivity index (χ3v) is 7.74. The number of carbonyl (C=O) groups is 3. The Kier molecular flexibility index (Phi) is 10.1. The Morgan fingerprint density at radius 1 is 1.10 bits per heavy atom. The van der Waals surface area contributed by atoms with Crippen LogP contribution in [0.15, 0.2) is 18.2 Å². The van der Waals surface area contributed by atoms with Gasteiger partial charge in [0.15, 0.2) is 0 Å². The second kappa shape index (κ2) is 13.5. The minimum atomic E-state index is -1.08. The van der Waals surface area contributed by atoms with Gasteiger partial charge >= 0.3 is 18.0 Å². The van der Waals surface area contributed by atoms with Crippen LogP contribution in [-0.4, -0.2) is 78.2 Å². The molecule has 1 saturated heterocycles. The Bertz CT molecular complexity index is 1280. The fraction of sp³-hybridized carbons (Fsp3) is 0.633. The zero-order valence-corrected chi connectivity index (χ0v) is 25.0. The van der Waals surface area contributed by atoms with E-state index in [0.717, 1.165) is 43.3 Å². The number of unbranched alkanes of at least 4 members (excludes halogenated alkanes) is 2. The lowest BCUT2D eigenvalue weighted by Crippen LogP contribution is -2.49. The molecular formula is C30H42N4O8. The van der Waals surface area contributed by atoms with Gasteiger partial charge in [0, 0.05) is 19.0 Å². The number of fused-ring (bicyclic) bond motifs is 1. The summed E-state index contributed by atoms with van der Waals surface area (Å²) in [5.74, 6) is 0.0419. The monoisotopic (exact) mass is 586 g/mol. The summed E-state index contributed by atoms with van der Waals surface area (Å²) in [6.07, 6.45) is 4.60. The number of nitrogens with zero attached hydrogens (tertiary/aromatic N) is 2. The highest BCUT2D eigenvalue weighted by Crippen LogP contribution is 2.38. The number of ether oxygens (including phenoxy) is 4. The number of aromatic nitrogens is 2. The number of hydrogen-bond acceptors (Lipinski definition) is 10. The number of amides is 1. The maximum Gasteiger partial charge on any atom is 0.408 e. The summed E-state index contributed by atoms with van der Waals surface area (Å²) in [7, 11) is 2.97. The highest BCUT2D eigenvalue weighted by Gasteiger charge is 2.41. The fourth-order valence-corrected chi connectivity index (χ4v) is 5.19. The number of benzene rings is 1. The number of rotatable bonds is 13. The van der Waals surface area contributed by atoms with Gasteiger partial charge in [-0.2, -0.15) is 0 Å². The van der Waals surface area contributed by atoms with Gasteiger partial charge in [0.25, 0.3) is 0 Å². The summed E-state index contributed by atoms with van der Waals surface area (Å²) in [5.41, 5.74) is 1.57. The van der Waals surface area contributed by atoms with Gasteiger partial charge in [0.05, 0.1) is 25.3 Å². The lowest BCUT2D eigenvalue weighted by atomic mass is 9.87. The van der Waals surface area contributed by atoms with Gasteiger partial charge in [-0.05, 0) is 49.1 Å². The van der Waals surface area contributed by atoms with Crippen LogP contribution >= 0.6 is 0 Å². The van der Waals surface area contributed by atoms with Crippen molar-refractivity contribution in [1.29, 1.82) is 0 Å². The Morgan fingerprint density at radius 3 is 2.57 bits per heavy atom. The number of esters is 1. The summed E-state index contributed by atoms with van der Waals surface area (Å²) in [4.78, 5) is 45.2. The van der Waals surface area contributed by atoms with Gasteiger partial charge in [-0.3, -0.25) is 4.79 Å². The first-order chi connectivity index (χ1) is 20.0. The van der Waals surface area contributed by atoms with E-state index in [4.69, 9.17) is 28.9 Å². The van der Waals surface area contributed by atoms with E-state index in [1.165, 1.54) is 7.11 Å². The Morgan fingerprint density at radius 2 is 1.88 bits per heavy atom. The van der Waals surface area contributed by atoms with Crippen molar-refractivity contribution in [3.63, 3.8) is 0 Å². The van der Waals surface area contributed by atoms with Gasteiger partial charge in [0.2, 0.25) is 5.88 Å². The van der Waals surface area contributed by atoms with Crippen molar-refractivity contribution in [3.05, 3.63) is 23.9 Å². The molecule has 0 spiro atoms.